The highest BCUT2D eigenvalue weighted by molar-refractivity contribution is 5.90. The highest BCUT2D eigenvalue weighted by Crippen LogP contribution is 2.25. The summed E-state index contributed by atoms with van der Waals surface area (Å²) in [5, 5.41) is 13.2. The van der Waals surface area contributed by atoms with Gasteiger partial charge in [0.2, 0.25) is 0 Å². The molecule has 7 nitrogen and oxygen atoms in total. The fourth-order valence-electron chi connectivity index (χ4n) is 3.75. The molecule has 0 aliphatic rings. The van der Waals surface area contributed by atoms with Crippen molar-refractivity contribution in [2.45, 2.75) is 19.6 Å². The SMILES string of the molecule is COc1ccc(COc2ccc3[nH]cc(CCNCc4ccc(/C=C/C(=O)NO)cc4)c3c2)cc1. The number of methoxy groups -OCH3 is 1. The maximum absolute atomic E-state index is 11.1. The van der Waals surface area contributed by atoms with Crippen LogP contribution in [0.4, 0.5) is 0 Å². The van der Waals surface area contributed by atoms with Crippen molar-refractivity contribution < 1.29 is 19.5 Å². The Morgan fingerprint density at radius 2 is 1.74 bits per heavy atom. The van der Waals surface area contributed by atoms with E-state index in [1.807, 2.05) is 54.6 Å². The lowest BCUT2D eigenvalue weighted by Gasteiger charge is -2.08. The number of aromatic amines is 1. The van der Waals surface area contributed by atoms with Gasteiger partial charge in [0.1, 0.15) is 18.1 Å². The van der Waals surface area contributed by atoms with Crippen molar-refractivity contribution in [3.8, 4) is 11.5 Å². The number of hydrogen-bond donors (Lipinski definition) is 4. The largest absolute Gasteiger partial charge is 0.497 e. The molecule has 0 bridgehead atoms. The Morgan fingerprint density at radius 1 is 1.00 bits per heavy atom. The van der Waals surface area contributed by atoms with E-state index in [0.29, 0.717) is 6.61 Å². The topological polar surface area (TPSA) is 95.6 Å². The average Bonchev–Trinajstić information content (AvgIpc) is 3.31. The van der Waals surface area contributed by atoms with Gasteiger partial charge < -0.3 is 19.8 Å². The molecule has 0 radical (unpaired) electrons. The van der Waals surface area contributed by atoms with Gasteiger partial charge in [-0.15, -0.1) is 0 Å². The van der Waals surface area contributed by atoms with Crippen molar-refractivity contribution in [1.82, 2.24) is 15.8 Å². The van der Waals surface area contributed by atoms with Crippen molar-refractivity contribution in [3.05, 3.63) is 101 Å². The van der Waals surface area contributed by atoms with Crippen molar-refractivity contribution >= 4 is 22.9 Å². The van der Waals surface area contributed by atoms with Gasteiger partial charge in [-0.3, -0.25) is 10.0 Å². The summed E-state index contributed by atoms with van der Waals surface area (Å²) < 4.78 is 11.2. The minimum absolute atomic E-state index is 0.500. The Labute approximate surface area is 204 Å². The van der Waals surface area contributed by atoms with Crippen LogP contribution in [0.5, 0.6) is 11.5 Å². The zero-order valence-corrected chi connectivity index (χ0v) is 19.6. The summed E-state index contributed by atoms with van der Waals surface area (Å²) in [4.78, 5) is 14.4. The number of amides is 1. The molecule has 3 aromatic carbocycles. The van der Waals surface area contributed by atoms with Gasteiger partial charge in [-0.25, -0.2) is 5.48 Å². The highest BCUT2D eigenvalue weighted by Gasteiger charge is 2.06. The molecule has 0 atom stereocenters. The Bertz CT molecular complexity index is 1280. The lowest BCUT2D eigenvalue weighted by Crippen LogP contribution is -2.16. The number of nitrogens with one attached hydrogen (secondary N) is 3. The molecule has 35 heavy (non-hydrogen) atoms. The highest BCUT2D eigenvalue weighted by atomic mass is 16.5. The molecule has 0 unspecified atom stereocenters. The fraction of sp³-hybridized carbons (Fsp3) is 0.179. The van der Waals surface area contributed by atoms with E-state index in [9.17, 15) is 4.79 Å². The number of benzene rings is 3. The van der Waals surface area contributed by atoms with Crippen molar-refractivity contribution in [2.75, 3.05) is 13.7 Å². The number of carbonyl (C=O) groups is 1. The Morgan fingerprint density at radius 3 is 2.49 bits per heavy atom. The smallest absolute Gasteiger partial charge is 0.267 e. The average molecular weight is 472 g/mol. The standard InChI is InChI=1S/C28H29N3O4/c1-34-24-9-6-22(7-10-24)19-35-25-11-12-27-26(16-25)23(18-30-27)14-15-29-17-21-4-2-20(3-5-21)8-13-28(32)31-33/h2-13,16,18,29-30,33H,14-15,17,19H2,1H3,(H,31,32)/b13-8+. The predicted molar refractivity (Wildman–Crippen MR) is 136 cm³/mol. The molecule has 1 amide bonds. The second-order valence-electron chi connectivity index (χ2n) is 8.14. The second-order valence-corrected chi connectivity index (χ2v) is 8.14. The molecule has 0 saturated carbocycles. The number of rotatable bonds is 11. The van der Waals surface area contributed by atoms with Crippen molar-refractivity contribution in [1.29, 1.82) is 0 Å². The lowest BCUT2D eigenvalue weighted by molar-refractivity contribution is -0.124. The number of hydroxylamine groups is 1. The lowest BCUT2D eigenvalue weighted by atomic mass is 10.1. The van der Waals surface area contributed by atoms with E-state index in [0.717, 1.165) is 53.2 Å². The van der Waals surface area contributed by atoms with Crippen LogP contribution in [0.2, 0.25) is 0 Å². The molecule has 7 heteroatoms. The van der Waals surface area contributed by atoms with Crippen LogP contribution < -0.4 is 20.3 Å². The summed E-state index contributed by atoms with van der Waals surface area (Å²) >= 11 is 0. The van der Waals surface area contributed by atoms with Gasteiger partial charge >= 0.3 is 0 Å². The zero-order valence-electron chi connectivity index (χ0n) is 19.6. The molecule has 0 fully saturated rings. The van der Waals surface area contributed by atoms with Crippen LogP contribution in [0.3, 0.4) is 0 Å². The van der Waals surface area contributed by atoms with Crippen molar-refractivity contribution in [3.63, 3.8) is 0 Å². The molecular weight excluding hydrogens is 442 g/mol. The summed E-state index contributed by atoms with van der Waals surface area (Å²) in [5.74, 6) is 1.12. The molecule has 180 valence electrons. The van der Waals surface area contributed by atoms with Crippen LogP contribution in [-0.2, 0) is 24.4 Å². The first kappa shape index (κ1) is 24.1. The number of fused-ring (bicyclic) bond motifs is 1. The van der Waals surface area contributed by atoms with Crippen LogP contribution in [-0.4, -0.2) is 29.8 Å². The van der Waals surface area contributed by atoms with Gasteiger partial charge in [0.25, 0.3) is 5.91 Å². The summed E-state index contributed by atoms with van der Waals surface area (Å²) in [6.07, 6.45) is 5.88. The van der Waals surface area contributed by atoms with E-state index in [2.05, 4.69) is 28.6 Å². The minimum Gasteiger partial charge on any atom is -0.497 e. The maximum Gasteiger partial charge on any atom is 0.267 e. The Kier molecular flexibility index (Phi) is 8.17. The summed E-state index contributed by atoms with van der Waals surface area (Å²) in [6.45, 7) is 2.09. The monoisotopic (exact) mass is 471 g/mol. The van der Waals surface area contributed by atoms with E-state index in [1.165, 1.54) is 17.0 Å². The molecule has 0 spiro atoms. The van der Waals surface area contributed by atoms with Crippen LogP contribution in [0.25, 0.3) is 17.0 Å². The predicted octanol–water partition coefficient (Wildman–Crippen LogP) is 4.61. The fourth-order valence-corrected chi connectivity index (χ4v) is 3.75. The molecule has 4 N–H and O–H groups in total. The van der Waals surface area contributed by atoms with Gasteiger partial charge in [0.15, 0.2) is 0 Å². The Hall–Kier alpha value is -4.07. The van der Waals surface area contributed by atoms with Gasteiger partial charge in [-0.05, 0) is 71.6 Å². The maximum atomic E-state index is 11.1. The third-order valence-corrected chi connectivity index (χ3v) is 5.72. The first-order valence-electron chi connectivity index (χ1n) is 11.4. The van der Waals surface area contributed by atoms with Gasteiger partial charge in [-0.1, -0.05) is 36.4 Å². The second kappa shape index (κ2) is 11.9. The number of ether oxygens (including phenoxy) is 2. The minimum atomic E-state index is -0.552. The van der Waals surface area contributed by atoms with Gasteiger partial charge in [0, 0.05) is 29.7 Å². The van der Waals surface area contributed by atoms with E-state index in [1.54, 1.807) is 18.7 Å². The molecule has 0 aliphatic heterocycles. The molecular formula is C28H29N3O4. The van der Waals surface area contributed by atoms with Crippen molar-refractivity contribution in [2.24, 2.45) is 0 Å². The molecule has 1 heterocycles. The molecule has 0 saturated heterocycles. The van der Waals surface area contributed by atoms with Gasteiger partial charge in [-0.2, -0.15) is 0 Å². The van der Waals surface area contributed by atoms with Gasteiger partial charge in [0.05, 0.1) is 7.11 Å². The van der Waals surface area contributed by atoms with E-state index < -0.39 is 5.91 Å². The first-order chi connectivity index (χ1) is 17.1. The molecule has 4 rings (SSSR count). The summed E-state index contributed by atoms with van der Waals surface area (Å²) in [6, 6.07) is 21.9. The number of H-pyrrole nitrogens is 1. The quantitative estimate of drug-likeness (QED) is 0.111. The van der Waals surface area contributed by atoms with E-state index in [-0.39, 0.29) is 0 Å². The van der Waals surface area contributed by atoms with Crippen LogP contribution in [0.15, 0.2) is 79.0 Å². The van der Waals surface area contributed by atoms with E-state index in [4.69, 9.17) is 14.7 Å². The normalized spacial score (nSPS) is 11.1. The summed E-state index contributed by atoms with van der Waals surface area (Å²) in [7, 11) is 1.66. The third-order valence-electron chi connectivity index (χ3n) is 5.72. The van der Waals surface area contributed by atoms with Crippen LogP contribution in [0.1, 0.15) is 22.3 Å². The number of carbonyl (C=O) groups excluding carboxylic acids is 1. The van der Waals surface area contributed by atoms with E-state index >= 15 is 0 Å². The van der Waals surface area contributed by atoms with Crippen LogP contribution in [0, 0.1) is 0 Å². The first-order valence-corrected chi connectivity index (χ1v) is 11.4. The van der Waals surface area contributed by atoms with Crippen LogP contribution >= 0.6 is 0 Å². The number of hydrogen-bond acceptors (Lipinski definition) is 5. The molecule has 4 aromatic rings. The number of aromatic nitrogens is 1. The molecule has 1 aromatic heterocycles. The Balaban J connectivity index is 1.28. The third kappa shape index (κ3) is 6.72. The molecule has 0 aliphatic carbocycles. The summed E-state index contributed by atoms with van der Waals surface area (Å²) in [5.41, 5.74) is 7.04. The zero-order chi connectivity index (χ0) is 24.5.